The first-order valence-electron chi connectivity index (χ1n) is 23.1. The smallest absolute Gasteiger partial charge is 0.306 e. The second kappa shape index (κ2) is 42.9. The predicted molar refractivity (Wildman–Crippen MR) is 234 cm³/mol. The maximum absolute atomic E-state index is 12.4. The van der Waals surface area contributed by atoms with E-state index in [4.69, 9.17) is 29.2 Å². The minimum absolute atomic E-state index is 0.00113. The SMILES string of the molecule is CN[C@@H](CCCCNC(=O)COCCOCCCC(=O)COCCOCCNC(=O)CC[C@H](CC(=O)CCCCCCCCCCCCCCCCC(=O)O)C(=O)O)C(=O)CO. The van der Waals surface area contributed by atoms with Gasteiger partial charge in [-0.2, -0.15) is 0 Å². The molecule has 0 aromatic carbocycles. The lowest BCUT2D eigenvalue weighted by Crippen LogP contribution is -2.36. The van der Waals surface area contributed by atoms with Gasteiger partial charge in [-0.05, 0) is 52.0 Å². The third kappa shape index (κ3) is 39.5. The molecule has 0 spiro atoms. The van der Waals surface area contributed by atoms with Crippen LogP contribution in [0.2, 0.25) is 0 Å². The van der Waals surface area contributed by atoms with E-state index in [0.717, 1.165) is 51.4 Å². The molecule has 0 radical (unpaired) electrons. The van der Waals surface area contributed by atoms with E-state index >= 15 is 0 Å². The topological polar surface area (TPSA) is 253 Å². The lowest BCUT2D eigenvalue weighted by molar-refractivity contribution is -0.144. The molecule has 17 heteroatoms. The summed E-state index contributed by atoms with van der Waals surface area (Å²) in [6.45, 7) is 1.63. The Labute approximate surface area is 369 Å². The van der Waals surface area contributed by atoms with Crippen molar-refractivity contribution in [3.05, 3.63) is 0 Å². The molecule has 0 aromatic rings. The number of amides is 2. The molecule has 0 saturated carbocycles. The van der Waals surface area contributed by atoms with Crippen LogP contribution < -0.4 is 16.0 Å². The maximum atomic E-state index is 12.4. The number of hydrogen-bond acceptors (Lipinski definition) is 13. The molecule has 0 saturated heterocycles. The van der Waals surface area contributed by atoms with Gasteiger partial charge in [-0.25, -0.2) is 0 Å². The van der Waals surface area contributed by atoms with Crippen LogP contribution in [0.3, 0.4) is 0 Å². The highest BCUT2D eigenvalue weighted by Gasteiger charge is 2.22. The van der Waals surface area contributed by atoms with Crippen LogP contribution in [0.15, 0.2) is 0 Å². The van der Waals surface area contributed by atoms with Crippen LogP contribution in [0.5, 0.6) is 0 Å². The summed E-state index contributed by atoms with van der Waals surface area (Å²) in [6, 6.07) is -0.381. The van der Waals surface area contributed by atoms with E-state index in [9.17, 15) is 38.7 Å². The number of carbonyl (C=O) groups is 7. The molecule has 2 atom stereocenters. The van der Waals surface area contributed by atoms with Crippen LogP contribution in [0.25, 0.3) is 0 Å². The molecule has 0 rings (SSSR count). The van der Waals surface area contributed by atoms with Gasteiger partial charge in [0.15, 0.2) is 11.6 Å². The van der Waals surface area contributed by atoms with Crippen molar-refractivity contribution >= 4 is 41.1 Å². The number of carboxylic acid groups (broad SMARTS) is 2. The molecule has 0 heterocycles. The maximum Gasteiger partial charge on any atom is 0.306 e. The minimum atomic E-state index is -1.07. The number of carboxylic acids is 2. The molecule has 0 aliphatic heterocycles. The number of nitrogens with one attached hydrogen (secondary N) is 3. The van der Waals surface area contributed by atoms with Crippen molar-refractivity contribution in [2.75, 3.05) is 79.6 Å². The van der Waals surface area contributed by atoms with Crippen LogP contribution >= 0.6 is 0 Å². The molecule has 0 fully saturated rings. The Morgan fingerprint density at radius 1 is 0.484 bits per heavy atom. The highest BCUT2D eigenvalue weighted by atomic mass is 16.5. The molecule has 360 valence electrons. The summed E-state index contributed by atoms with van der Waals surface area (Å²) >= 11 is 0. The average molecular weight is 888 g/mol. The molecule has 0 aliphatic carbocycles. The second-order valence-electron chi connectivity index (χ2n) is 15.8. The number of aliphatic hydroxyl groups excluding tert-OH is 1. The van der Waals surface area contributed by atoms with E-state index in [1.807, 2.05) is 0 Å². The number of aliphatic hydroxyl groups is 1. The van der Waals surface area contributed by atoms with Gasteiger partial charge in [-0.3, -0.25) is 33.6 Å². The fourth-order valence-corrected chi connectivity index (χ4v) is 6.63. The Kier molecular flexibility index (Phi) is 40.6. The normalized spacial score (nSPS) is 12.2. The summed E-state index contributed by atoms with van der Waals surface area (Å²) in [5.74, 6) is -3.63. The second-order valence-corrected chi connectivity index (χ2v) is 15.8. The zero-order valence-corrected chi connectivity index (χ0v) is 37.7. The third-order valence-electron chi connectivity index (χ3n) is 10.3. The molecule has 0 unspecified atom stereocenters. The van der Waals surface area contributed by atoms with Crippen molar-refractivity contribution in [3.8, 4) is 0 Å². The van der Waals surface area contributed by atoms with Gasteiger partial charge in [-0.1, -0.05) is 77.0 Å². The van der Waals surface area contributed by atoms with Gasteiger partial charge in [0.05, 0.1) is 45.0 Å². The first kappa shape index (κ1) is 58.6. The Morgan fingerprint density at radius 3 is 1.56 bits per heavy atom. The number of Topliss-reactive ketones (excluding diaryl/α,β-unsaturated/α-hetero) is 3. The summed E-state index contributed by atoms with van der Waals surface area (Å²) in [7, 11) is 1.67. The molecule has 0 aliphatic rings. The number of likely N-dealkylation sites (N-methyl/N-ethyl adjacent to an activating group) is 1. The Hall–Kier alpha value is -3.35. The largest absolute Gasteiger partial charge is 0.481 e. The van der Waals surface area contributed by atoms with E-state index in [1.54, 1.807) is 7.05 Å². The molecule has 0 aromatic heterocycles. The van der Waals surface area contributed by atoms with Gasteiger partial charge in [-0.15, -0.1) is 0 Å². The first-order chi connectivity index (χ1) is 30.0. The first-order valence-corrected chi connectivity index (χ1v) is 23.1. The van der Waals surface area contributed by atoms with E-state index in [-0.39, 0.29) is 114 Å². The Morgan fingerprint density at radius 2 is 1.00 bits per heavy atom. The van der Waals surface area contributed by atoms with Gasteiger partial charge < -0.3 is 50.2 Å². The quantitative estimate of drug-likeness (QED) is 0.0452. The number of rotatable bonds is 48. The van der Waals surface area contributed by atoms with Crippen LogP contribution in [0.4, 0.5) is 0 Å². The zero-order chi connectivity index (χ0) is 45.9. The number of hydrogen-bond donors (Lipinski definition) is 6. The summed E-state index contributed by atoms with van der Waals surface area (Å²) in [5, 5.41) is 35.5. The summed E-state index contributed by atoms with van der Waals surface area (Å²) in [6.07, 6.45) is 18.8. The average Bonchev–Trinajstić information content (AvgIpc) is 3.24. The fourth-order valence-electron chi connectivity index (χ4n) is 6.63. The van der Waals surface area contributed by atoms with Gasteiger partial charge in [0.1, 0.15) is 25.6 Å². The van der Waals surface area contributed by atoms with Gasteiger partial charge in [0, 0.05) is 51.8 Å². The van der Waals surface area contributed by atoms with Gasteiger partial charge in [0.2, 0.25) is 11.8 Å². The lowest BCUT2D eigenvalue weighted by atomic mass is 9.94. The van der Waals surface area contributed by atoms with Crippen LogP contribution in [0.1, 0.15) is 154 Å². The molecular weight excluding hydrogens is 807 g/mol. The Bertz CT molecular complexity index is 1200. The molecule has 17 nitrogen and oxygen atoms in total. The number of carbonyl (C=O) groups excluding carboxylic acids is 5. The monoisotopic (exact) mass is 888 g/mol. The van der Waals surface area contributed by atoms with Gasteiger partial charge in [0.25, 0.3) is 0 Å². The van der Waals surface area contributed by atoms with E-state index in [2.05, 4.69) is 16.0 Å². The van der Waals surface area contributed by atoms with Crippen molar-refractivity contribution < 1.29 is 67.8 Å². The fraction of sp³-hybridized carbons (Fsp3) is 0.844. The molecule has 2 amide bonds. The van der Waals surface area contributed by atoms with Crippen molar-refractivity contribution in [2.24, 2.45) is 5.92 Å². The highest BCUT2D eigenvalue weighted by molar-refractivity contribution is 5.85. The Balaban J connectivity index is 3.66. The molecule has 6 N–H and O–H groups in total. The minimum Gasteiger partial charge on any atom is -0.481 e. The van der Waals surface area contributed by atoms with Crippen molar-refractivity contribution in [3.63, 3.8) is 0 Å². The molecule has 0 bridgehead atoms. The van der Waals surface area contributed by atoms with E-state index in [0.29, 0.717) is 45.3 Å². The van der Waals surface area contributed by atoms with Crippen LogP contribution in [0, 0.1) is 5.92 Å². The van der Waals surface area contributed by atoms with E-state index in [1.165, 1.54) is 44.9 Å². The standard InChI is InChI=1S/C45H81N3O14/c1-46-40(41(52)34-49)21-16-17-25-47-43(54)36-62-32-29-59-27-18-20-39(51)35-61-31-30-60-28-26-48-42(53)24-23-37(45(57)58)33-38(50)19-14-12-10-8-6-4-2-3-5-7-9-11-13-15-22-44(55)56/h37,40,46,49H,2-36H2,1H3,(H,47,54)(H,48,53)(H,55,56)(H,57,58)/t37-,40+/m1/s1. The number of ether oxygens (including phenoxy) is 4. The van der Waals surface area contributed by atoms with Crippen molar-refractivity contribution in [1.82, 2.24) is 16.0 Å². The number of ketones is 3. The van der Waals surface area contributed by atoms with Gasteiger partial charge >= 0.3 is 11.9 Å². The summed E-state index contributed by atoms with van der Waals surface area (Å²) < 4.78 is 21.5. The number of aliphatic carboxylic acids is 2. The van der Waals surface area contributed by atoms with Crippen molar-refractivity contribution in [2.45, 2.75) is 160 Å². The van der Waals surface area contributed by atoms with Crippen molar-refractivity contribution in [1.29, 1.82) is 0 Å². The highest BCUT2D eigenvalue weighted by Crippen LogP contribution is 2.17. The number of unbranched alkanes of at least 4 members (excludes halogenated alkanes) is 14. The van der Waals surface area contributed by atoms with Crippen LogP contribution in [-0.4, -0.2) is 142 Å². The molecule has 62 heavy (non-hydrogen) atoms. The van der Waals surface area contributed by atoms with Crippen LogP contribution in [-0.2, 0) is 52.5 Å². The third-order valence-corrected chi connectivity index (χ3v) is 10.3. The lowest BCUT2D eigenvalue weighted by Gasteiger charge is -2.13. The zero-order valence-electron chi connectivity index (χ0n) is 37.7. The predicted octanol–water partition coefficient (Wildman–Crippen LogP) is 4.72. The van der Waals surface area contributed by atoms with E-state index < -0.39 is 24.5 Å². The summed E-state index contributed by atoms with van der Waals surface area (Å²) in [4.78, 5) is 82.3. The molecular formula is C45H81N3O14. The summed E-state index contributed by atoms with van der Waals surface area (Å²) in [5.41, 5.74) is 0.